The molecule has 0 amide bonds. The molecule has 0 aliphatic rings. The first-order chi connectivity index (χ1) is 5.74. The summed E-state index contributed by atoms with van der Waals surface area (Å²) in [5.74, 6) is 0.965. The lowest BCUT2D eigenvalue weighted by molar-refractivity contribution is 0.746. The van der Waals surface area contributed by atoms with Gasteiger partial charge in [-0.05, 0) is 12.2 Å². The van der Waals surface area contributed by atoms with Crippen LogP contribution in [0.2, 0.25) is 0 Å². The second kappa shape index (κ2) is 4.06. The van der Waals surface area contributed by atoms with Crippen molar-refractivity contribution in [1.82, 2.24) is 20.2 Å². The van der Waals surface area contributed by atoms with Crippen LogP contribution in [-0.4, -0.2) is 21.7 Å². The van der Waals surface area contributed by atoms with Crippen LogP contribution in [-0.2, 0) is 13.6 Å². The number of nitrogens with one attached hydrogen (secondary N) is 2. The smallest absolute Gasteiger partial charge is 0.166 e. The molecule has 0 bridgehead atoms. The van der Waals surface area contributed by atoms with Gasteiger partial charge in [-0.15, -0.1) is 0 Å². The van der Waals surface area contributed by atoms with Crippen molar-refractivity contribution in [3.8, 4) is 0 Å². The first kappa shape index (κ1) is 8.99. The van der Waals surface area contributed by atoms with Gasteiger partial charge in [0.05, 0.1) is 6.54 Å². The topological polar surface area (TPSA) is 41.9 Å². The van der Waals surface area contributed by atoms with E-state index < -0.39 is 0 Å². The summed E-state index contributed by atoms with van der Waals surface area (Å²) < 4.78 is 1.95. The Labute approximate surface area is 77.0 Å². The highest BCUT2D eigenvalue weighted by Crippen LogP contribution is 1.92. The molecule has 0 radical (unpaired) electrons. The highest BCUT2D eigenvalue weighted by molar-refractivity contribution is 7.80. The molecule has 0 atom stereocenters. The first-order valence-corrected chi connectivity index (χ1v) is 4.06. The molecule has 2 N–H and O–H groups in total. The molecular formula is C7H12N4S. The number of imidazole rings is 1. The van der Waals surface area contributed by atoms with Crippen molar-refractivity contribution >= 4 is 17.3 Å². The Morgan fingerprint density at radius 1 is 1.75 bits per heavy atom. The molecule has 5 heteroatoms. The molecule has 0 saturated heterocycles. The fraction of sp³-hybridized carbons (Fsp3) is 0.429. The van der Waals surface area contributed by atoms with E-state index in [-0.39, 0.29) is 0 Å². The van der Waals surface area contributed by atoms with Gasteiger partial charge < -0.3 is 15.2 Å². The van der Waals surface area contributed by atoms with E-state index in [0.717, 1.165) is 5.82 Å². The summed E-state index contributed by atoms with van der Waals surface area (Å²) in [7, 11) is 3.74. The lowest BCUT2D eigenvalue weighted by Gasteiger charge is -2.06. The van der Waals surface area contributed by atoms with Gasteiger partial charge in [-0.25, -0.2) is 4.98 Å². The van der Waals surface area contributed by atoms with Crippen molar-refractivity contribution < 1.29 is 0 Å². The highest BCUT2D eigenvalue weighted by Gasteiger charge is 1.98. The molecule has 0 aromatic carbocycles. The zero-order chi connectivity index (χ0) is 8.97. The van der Waals surface area contributed by atoms with Gasteiger partial charge in [-0.1, -0.05) is 0 Å². The standard InChI is InChI=1S/C7H12N4S/c1-8-7(12)10-5-6-9-3-4-11(6)2/h3-4H,5H2,1-2H3,(H2,8,10,12). The molecule has 12 heavy (non-hydrogen) atoms. The lowest BCUT2D eigenvalue weighted by atomic mass is 10.6. The van der Waals surface area contributed by atoms with Crippen molar-refractivity contribution in [2.75, 3.05) is 7.05 Å². The number of aromatic nitrogens is 2. The average molecular weight is 184 g/mol. The quantitative estimate of drug-likeness (QED) is 0.636. The van der Waals surface area contributed by atoms with Gasteiger partial charge in [0.15, 0.2) is 5.11 Å². The normalized spacial score (nSPS) is 9.50. The van der Waals surface area contributed by atoms with Gasteiger partial charge >= 0.3 is 0 Å². The fourth-order valence-electron chi connectivity index (χ4n) is 0.815. The lowest BCUT2D eigenvalue weighted by Crippen LogP contribution is -2.32. The van der Waals surface area contributed by atoms with E-state index >= 15 is 0 Å². The molecule has 1 heterocycles. The third kappa shape index (κ3) is 2.20. The Balaban J connectivity index is 2.43. The zero-order valence-electron chi connectivity index (χ0n) is 7.16. The summed E-state index contributed by atoms with van der Waals surface area (Å²) in [6.07, 6.45) is 3.67. The minimum absolute atomic E-state index is 0.637. The molecular weight excluding hydrogens is 172 g/mol. The summed E-state index contributed by atoms with van der Waals surface area (Å²) in [5, 5.41) is 6.48. The van der Waals surface area contributed by atoms with Crippen LogP contribution in [0.5, 0.6) is 0 Å². The van der Waals surface area contributed by atoms with Crippen molar-refractivity contribution in [2.24, 2.45) is 7.05 Å². The van der Waals surface area contributed by atoms with Gasteiger partial charge in [0, 0.05) is 26.5 Å². The van der Waals surface area contributed by atoms with Crippen LogP contribution in [0.15, 0.2) is 12.4 Å². The van der Waals surface area contributed by atoms with Gasteiger partial charge in [-0.2, -0.15) is 0 Å². The van der Waals surface area contributed by atoms with Gasteiger partial charge in [0.25, 0.3) is 0 Å². The van der Waals surface area contributed by atoms with E-state index in [2.05, 4.69) is 15.6 Å². The SMILES string of the molecule is CNC(=S)NCc1nccn1C. The predicted molar refractivity (Wildman–Crippen MR) is 51.7 cm³/mol. The molecule has 0 aliphatic carbocycles. The van der Waals surface area contributed by atoms with Crippen molar-refractivity contribution in [3.05, 3.63) is 18.2 Å². The van der Waals surface area contributed by atoms with Gasteiger partial charge in [0.1, 0.15) is 5.82 Å². The average Bonchev–Trinajstić information content (AvgIpc) is 2.47. The maximum absolute atomic E-state index is 4.91. The van der Waals surface area contributed by atoms with E-state index in [4.69, 9.17) is 12.2 Å². The fourth-order valence-corrected chi connectivity index (χ4v) is 0.887. The summed E-state index contributed by atoms with van der Waals surface area (Å²) in [6.45, 7) is 0.656. The second-order valence-corrected chi connectivity index (χ2v) is 2.80. The summed E-state index contributed by atoms with van der Waals surface area (Å²) >= 11 is 4.91. The summed E-state index contributed by atoms with van der Waals surface area (Å²) in [5.41, 5.74) is 0. The van der Waals surface area contributed by atoms with E-state index in [1.165, 1.54) is 0 Å². The number of hydrogen-bond acceptors (Lipinski definition) is 2. The minimum atomic E-state index is 0.637. The van der Waals surface area contributed by atoms with E-state index in [0.29, 0.717) is 11.7 Å². The van der Waals surface area contributed by atoms with Crippen LogP contribution in [0.4, 0.5) is 0 Å². The third-order valence-electron chi connectivity index (χ3n) is 1.56. The molecule has 4 nitrogen and oxygen atoms in total. The maximum atomic E-state index is 4.91. The van der Waals surface area contributed by atoms with Gasteiger partial charge in [0.2, 0.25) is 0 Å². The molecule has 1 aromatic rings. The number of aryl methyl sites for hydroxylation is 1. The van der Waals surface area contributed by atoms with Crippen molar-refractivity contribution in [2.45, 2.75) is 6.54 Å². The molecule has 0 aliphatic heterocycles. The van der Waals surface area contributed by atoms with Crippen molar-refractivity contribution in [1.29, 1.82) is 0 Å². The Morgan fingerprint density at radius 3 is 3.00 bits per heavy atom. The van der Waals surface area contributed by atoms with E-state index in [9.17, 15) is 0 Å². The molecule has 1 rings (SSSR count). The number of thiocarbonyl (C=S) groups is 1. The van der Waals surface area contributed by atoms with Crippen molar-refractivity contribution in [3.63, 3.8) is 0 Å². The monoisotopic (exact) mass is 184 g/mol. The molecule has 66 valence electrons. The zero-order valence-corrected chi connectivity index (χ0v) is 7.98. The first-order valence-electron chi connectivity index (χ1n) is 3.66. The molecule has 1 aromatic heterocycles. The Morgan fingerprint density at radius 2 is 2.50 bits per heavy atom. The summed E-state index contributed by atoms with van der Waals surface area (Å²) in [6, 6.07) is 0. The second-order valence-electron chi connectivity index (χ2n) is 2.39. The van der Waals surface area contributed by atoms with Crippen LogP contribution in [0.25, 0.3) is 0 Å². The molecule has 0 fully saturated rings. The summed E-state index contributed by atoms with van der Waals surface area (Å²) in [4.78, 5) is 4.14. The van der Waals surface area contributed by atoms with Gasteiger partial charge in [-0.3, -0.25) is 0 Å². The largest absolute Gasteiger partial charge is 0.366 e. The van der Waals surface area contributed by atoms with E-state index in [1.807, 2.05) is 17.8 Å². The van der Waals surface area contributed by atoms with Crippen LogP contribution < -0.4 is 10.6 Å². The van der Waals surface area contributed by atoms with E-state index in [1.54, 1.807) is 13.2 Å². The Bertz CT molecular complexity index is 268. The Hall–Kier alpha value is -1.10. The molecule has 0 saturated carbocycles. The number of hydrogen-bond donors (Lipinski definition) is 2. The highest BCUT2D eigenvalue weighted by atomic mass is 32.1. The third-order valence-corrected chi connectivity index (χ3v) is 1.90. The van der Waals surface area contributed by atoms with Crippen LogP contribution >= 0.6 is 12.2 Å². The Kier molecular flexibility index (Phi) is 3.04. The molecule has 0 unspecified atom stereocenters. The van der Waals surface area contributed by atoms with Crippen LogP contribution in [0.1, 0.15) is 5.82 Å². The van der Waals surface area contributed by atoms with Crippen LogP contribution in [0, 0.1) is 0 Å². The maximum Gasteiger partial charge on any atom is 0.166 e. The number of nitrogens with zero attached hydrogens (tertiary/aromatic N) is 2. The minimum Gasteiger partial charge on any atom is -0.366 e. The molecule has 0 spiro atoms. The van der Waals surface area contributed by atoms with Crippen LogP contribution in [0.3, 0.4) is 0 Å². The predicted octanol–water partition coefficient (Wildman–Crippen LogP) is 0.0140. The number of rotatable bonds is 2.